The molecule has 0 spiro atoms. The minimum absolute atomic E-state index is 0.151. The molecule has 1 aromatic rings. The van der Waals surface area contributed by atoms with Gasteiger partial charge in [-0.15, -0.1) is 0 Å². The van der Waals surface area contributed by atoms with Gasteiger partial charge in [0.15, 0.2) is 0 Å². The van der Waals surface area contributed by atoms with Gasteiger partial charge in [-0.25, -0.2) is 0 Å². The van der Waals surface area contributed by atoms with Gasteiger partial charge < -0.3 is 0 Å². The molecule has 0 fully saturated rings. The van der Waals surface area contributed by atoms with Crippen molar-refractivity contribution < 1.29 is 0 Å². The van der Waals surface area contributed by atoms with E-state index in [0.717, 1.165) is 12.8 Å². The Morgan fingerprint density at radius 2 is 2.17 bits per heavy atom. The number of unbranched alkanes of at least 4 members (excludes halogenated alkanes) is 1. The minimum Gasteiger partial charge on any atom is -0.267 e. The van der Waals surface area contributed by atoms with Gasteiger partial charge >= 0.3 is 0 Å². The van der Waals surface area contributed by atoms with Gasteiger partial charge in [-0.2, -0.15) is 0 Å². The lowest BCUT2D eigenvalue weighted by Gasteiger charge is -1.95. The average Bonchev–Trinajstić information content (AvgIpc) is 2.30. The fourth-order valence-electron chi connectivity index (χ4n) is 0.821. The predicted molar refractivity (Wildman–Crippen MR) is 53.5 cm³/mol. The van der Waals surface area contributed by atoms with E-state index in [-0.39, 0.29) is 10.6 Å². The summed E-state index contributed by atoms with van der Waals surface area (Å²) in [6.07, 6.45) is 2.03. The monoisotopic (exact) mass is 225 g/mol. The van der Waals surface area contributed by atoms with Crippen molar-refractivity contribution in [3.63, 3.8) is 0 Å². The summed E-state index contributed by atoms with van der Waals surface area (Å²) < 4.78 is 1.98. The van der Waals surface area contributed by atoms with E-state index < -0.39 is 0 Å². The van der Waals surface area contributed by atoms with Crippen LogP contribution in [0.25, 0.3) is 0 Å². The third kappa shape index (κ3) is 2.03. The summed E-state index contributed by atoms with van der Waals surface area (Å²) in [5, 5.41) is 0.151. The summed E-state index contributed by atoms with van der Waals surface area (Å²) in [6, 6.07) is 0. The molecule has 0 aliphatic carbocycles. The van der Waals surface area contributed by atoms with Crippen LogP contribution < -0.4 is 5.56 Å². The van der Waals surface area contributed by atoms with Crippen molar-refractivity contribution in [1.29, 1.82) is 0 Å². The summed E-state index contributed by atoms with van der Waals surface area (Å²) in [5.41, 5.74) is -0.167. The molecule has 1 rings (SSSR count). The second kappa shape index (κ2) is 4.30. The van der Waals surface area contributed by atoms with Crippen LogP contribution in [0.5, 0.6) is 0 Å². The predicted octanol–water partition coefficient (Wildman–Crippen LogP) is 3.02. The Bertz CT molecular complexity index is 318. The highest BCUT2D eigenvalue weighted by Crippen LogP contribution is 2.23. The van der Waals surface area contributed by atoms with Crippen LogP contribution in [-0.2, 0) is 6.54 Å². The van der Waals surface area contributed by atoms with E-state index in [1.807, 2.05) is 0 Å². The quantitative estimate of drug-likeness (QED) is 0.776. The standard InChI is InChI=1S/C7H9Cl2NOS/c1-2-3-4-10-7(11)5(8)6(9)12-10/h2-4H2,1H3. The maximum absolute atomic E-state index is 11.3. The molecule has 5 heteroatoms. The maximum atomic E-state index is 11.3. The largest absolute Gasteiger partial charge is 0.280 e. The van der Waals surface area contributed by atoms with Crippen molar-refractivity contribution in [3.8, 4) is 0 Å². The van der Waals surface area contributed by atoms with Crippen LogP contribution in [0.2, 0.25) is 9.36 Å². The molecule has 0 aromatic carbocycles. The Morgan fingerprint density at radius 1 is 1.50 bits per heavy atom. The molecule has 0 amide bonds. The zero-order valence-electron chi connectivity index (χ0n) is 6.64. The molecule has 0 bridgehead atoms. The summed E-state index contributed by atoms with van der Waals surface area (Å²) in [5.74, 6) is 0. The van der Waals surface area contributed by atoms with Gasteiger partial charge in [0.05, 0.1) is 0 Å². The molecule has 2 nitrogen and oxygen atoms in total. The highest BCUT2D eigenvalue weighted by Gasteiger charge is 2.09. The SMILES string of the molecule is CCCCn1sc(Cl)c(Cl)c1=O. The van der Waals surface area contributed by atoms with E-state index >= 15 is 0 Å². The second-order valence-corrected chi connectivity index (χ2v) is 4.45. The number of rotatable bonds is 3. The van der Waals surface area contributed by atoms with Gasteiger partial charge in [-0.05, 0) is 18.0 Å². The van der Waals surface area contributed by atoms with Crippen molar-refractivity contribution >= 4 is 34.7 Å². The van der Waals surface area contributed by atoms with Gasteiger partial charge in [0, 0.05) is 6.54 Å². The van der Waals surface area contributed by atoms with E-state index in [0.29, 0.717) is 10.9 Å². The highest BCUT2D eigenvalue weighted by atomic mass is 35.5. The Kier molecular flexibility index (Phi) is 3.62. The molecular weight excluding hydrogens is 217 g/mol. The number of hydrogen-bond acceptors (Lipinski definition) is 2. The topological polar surface area (TPSA) is 22.0 Å². The van der Waals surface area contributed by atoms with E-state index in [1.165, 1.54) is 11.5 Å². The summed E-state index contributed by atoms with van der Waals surface area (Å²) >= 11 is 12.5. The molecule has 0 radical (unpaired) electrons. The van der Waals surface area contributed by atoms with Gasteiger partial charge in [0.2, 0.25) is 0 Å². The minimum atomic E-state index is -0.167. The molecule has 0 saturated carbocycles. The van der Waals surface area contributed by atoms with Crippen LogP contribution in [0.15, 0.2) is 4.79 Å². The normalized spacial score (nSPS) is 10.6. The van der Waals surface area contributed by atoms with E-state index in [2.05, 4.69) is 6.92 Å². The summed E-state index contributed by atoms with van der Waals surface area (Å²) in [6.45, 7) is 2.79. The molecule has 1 heterocycles. The Labute approximate surface area is 84.9 Å². The highest BCUT2D eigenvalue weighted by molar-refractivity contribution is 7.11. The van der Waals surface area contributed by atoms with E-state index in [1.54, 1.807) is 3.96 Å². The lowest BCUT2D eigenvalue weighted by Crippen LogP contribution is -2.12. The molecule has 0 N–H and O–H groups in total. The van der Waals surface area contributed by atoms with Crippen molar-refractivity contribution in [2.45, 2.75) is 26.3 Å². The Morgan fingerprint density at radius 3 is 2.58 bits per heavy atom. The zero-order chi connectivity index (χ0) is 9.14. The zero-order valence-corrected chi connectivity index (χ0v) is 8.97. The number of halogens is 2. The molecule has 0 aliphatic heterocycles. The summed E-state index contributed by atoms with van der Waals surface area (Å²) in [7, 11) is 0. The molecule has 0 unspecified atom stereocenters. The van der Waals surface area contributed by atoms with E-state index in [9.17, 15) is 4.79 Å². The fourth-order valence-corrected chi connectivity index (χ4v) is 2.16. The van der Waals surface area contributed by atoms with Crippen LogP contribution in [0.3, 0.4) is 0 Å². The first kappa shape index (κ1) is 10.1. The van der Waals surface area contributed by atoms with Crippen LogP contribution in [0.1, 0.15) is 19.8 Å². The smallest absolute Gasteiger partial charge is 0.267 e. The third-order valence-corrected chi connectivity index (χ3v) is 3.38. The van der Waals surface area contributed by atoms with Crippen molar-refractivity contribution in [3.05, 3.63) is 19.7 Å². The lowest BCUT2D eigenvalue weighted by molar-refractivity contribution is 0.658. The number of nitrogens with zero attached hydrogens (tertiary/aromatic N) is 1. The van der Waals surface area contributed by atoms with Gasteiger partial charge in [0.1, 0.15) is 9.36 Å². The van der Waals surface area contributed by atoms with Crippen LogP contribution >= 0.6 is 34.7 Å². The van der Waals surface area contributed by atoms with Crippen LogP contribution in [0.4, 0.5) is 0 Å². The Balaban J connectivity index is 2.87. The molecule has 0 saturated heterocycles. The molecule has 0 atom stereocenters. The summed E-state index contributed by atoms with van der Waals surface area (Å²) in [4.78, 5) is 11.3. The average molecular weight is 226 g/mol. The van der Waals surface area contributed by atoms with Gasteiger partial charge in [-0.3, -0.25) is 8.75 Å². The second-order valence-electron chi connectivity index (χ2n) is 2.44. The fraction of sp³-hybridized carbons (Fsp3) is 0.571. The Hall–Kier alpha value is 0.01000. The first-order chi connectivity index (χ1) is 5.66. The van der Waals surface area contributed by atoms with Crippen molar-refractivity contribution in [2.75, 3.05) is 0 Å². The van der Waals surface area contributed by atoms with Crippen LogP contribution in [0, 0.1) is 0 Å². The number of aromatic nitrogens is 1. The first-order valence-corrected chi connectivity index (χ1v) is 5.25. The molecule has 12 heavy (non-hydrogen) atoms. The van der Waals surface area contributed by atoms with Crippen LogP contribution in [-0.4, -0.2) is 3.96 Å². The lowest BCUT2D eigenvalue weighted by atomic mass is 10.3. The molecule has 1 aromatic heterocycles. The van der Waals surface area contributed by atoms with Gasteiger partial charge in [0.25, 0.3) is 5.56 Å². The van der Waals surface area contributed by atoms with Crippen molar-refractivity contribution in [2.24, 2.45) is 0 Å². The van der Waals surface area contributed by atoms with Gasteiger partial charge in [-0.1, -0.05) is 36.5 Å². The third-order valence-electron chi connectivity index (χ3n) is 1.49. The van der Waals surface area contributed by atoms with Crippen molar-refractivity contribution in [1.82, 2.24) is 3.96 Å². The molecule has 68 valence electrons. The number of hydrogen-bond donors (Lipinski definition) is 0. The molecule has 0 aliphatic rings. The first-order valence-electron chi connectivity index (χ1n) is 3.72. The number of aryl methyl sites for hydroxylation is 1. The maximum Gasteiger partial charge on any atom is 0.280 e. The molecular formula is C7H9Cl2NOS. The van der Waals surface area contributed by atoms with E-state index in [4.69, 9.17) is 23.2 Å².